The molecule has 0 saturated carbocycles. The van der Waals surface area contributed by atoms with Gasteiger partial charge in [-0.05, 0) is 29.7 Å². The van der Waals surface area contributed by atoms with Gasteiger partial charge in [-0.15, -0.1) is 0 Å². The lowest BCUT2D eigenvalue weighted by Crippen LogP contribution is -2.43. The Morgan fingerprint density at radius 2 is 1.74 bits per heavy atom. The van der Waals surface area contributed by atoms with E-state index >= 15 is 0 Å². The van der Waals surface area contributed by atoms with Crippen molar-refractivity contribution in [3.8, 4) is 11.5 Å². The number of benzene rings is 3. The molecule has 0 aliphatic carbocycles. The topological polar surface area (TPSA) is 76.7 Å². The number of hydrogen-bond donors (Lipinski definition) is 2. The van der Waals surface area contributed by atoms with Gasteiger partial charge in [0.1, 0.15) is 11.5 Å². The average Bonchev–Trinajstić information content (AvgIpc) is 2.70. The van der Waals surface area contributed by atoms with Crippen molar-refractivity contribution in [2.45, 2.75) is 0 Å². The first kappa shape index (κ1) is 18.7. The van der Waals surface area contributed by atoms with Gasteiger partial charge < -0.3 is 9.47 Å². The fraction of sp³-hybridized carbons (Fsp3) is 0.100. The normalized spacial score (nSPS) is 10.3. The van der Waals surface area contributed by atoms with E-state index in [1.165, 1.54) is 7.11 Å². The molecule has 0 fully saturated rings. The molecule has 0 heterocycles. The predicted molar refractivity (Wildman–Crippen MR) is 106 cm³/mol. The van der Waals surface area contributed by atoms with Crippen LogP contribution in [0.15, 0.2) is 65.1 Å². The molecule has 2 amide bonds. The number of amides is 2. The Balaban J connectivity index is 1.58. The van der Waals surface area contributed by atoms with Crippen LogP contribution in [0, 0.1) is 0 Å². The van der Waals surface area contributed by atoms with E-state index in [-0.39, 0.29) is 6.61 Å². The number of ether oxygens (including phenoxy) is 2. The Hall–Kier alpha value is -3.06. The largest absolute Gasteiger partial charge is 0.496 e. The van der Waals surface area contributed by atoms with E-state index in [0.717, 1.165) is 15.2 Å². The van der Waals surface area contributed by atoms with Crippen LogP contribution in [0.25, 0.3) is 10.8 Å². The molecule has 6 nitrogen and oxygen atoms in total. The Labute approximate surface area is 164 Å². The van der Waals surface area contributed by atoms with E-state index in [9.17, 15) is 9.59 Å². The fourth-order valence-electron chi connectivity index (χ4n) is 2.55. The van der Waals surface area contributed by atoms with Crippen molar-refractivity contribution in [3.63, 3.8) is 0 Å². The molecular formula is C20H17BrN2O4. The van der Waals surface area contributed by atoms with E-state index in [4.69, 9.17) is 9.47 Å². The molecule has 27 heavy (non-hydrogen) atoms. The summed E-state index contributed by atoms with van der Waals surface area (Å²) in [6.45, 7) is -0.232. The molecule has 3 aromatic rings. The van der Waals surface area contributed by atoms with Gasteiger partial charge in [-0.1, -0.05) is 52.3 Å². The molecule has 7 heteroatoms. The van der Waals surface area contributed by atoms with Crippen LogP contribution in [0.3, 0.4) is 0 Å². The van der Waals surface area contributed by atoms with Crippen LogP contribution in [0.2, 0.25) is 0 Å². The summed E-state index contributed by atoms with van der Waals surface area (Å²) in [6, 6.07) is 18.4. The molecule has 0 saturated heterocycles. The van der Waals surface area contributed by atoms with Crippen molar-refractivity contribution in [2.75, 3.05) is 13.7 Å². The van der Waals surface area contributed by atoms with Crippen LogP contribution in [-0.2, 0) is 4.79 Å². The fourth-order valence-corrected chi connectivity index (χ4v) is 2.91. The smallest absolute Gasteiger partial charge is 0.276 e. The third-order valence-electron chi connectivity index (χ3n) is 3.83. The number of carbonyl (C=O) groups is 2. The van der Waals surface area contributed by atoms with Crippen molar-refractivity contribution >= 4 is 38.5 Å². The second-order valence-corrected chi connectivity index (χ2v) is 6.53. The zero-order valence-electron chi connectivity index (χ0n) is 14.5. The molecule has 0 atom stereocenters. The van der Waals surface area contributed by atoms with E-state index in [1.54, 1.807) is 24.3 Å². The molecule has 138 valence electrons. The second-order valence-electron chi connectivity index (χ2n) is 5.61. The standard InChI is InChI=1S/C20H17BrN2O4/c1-26-17-10-9-14(21)11-16(17)20(25)23-22-19(24)12-27-18-8-4-6-13-5-2-3-7-15(13)18/h2-11H,12H2,1H3,(H,22,24)(H,23,25). The lowest BCUT2D eigenvalue weighted by atomic mass is 10.1. The van der Waals surface area contributed by atoms with Gasteiger partial charge in [0.15, 0.2) is 6.61 Å². The van der Waals surface area contributed by atoms with Gasteiger partial charge in [0.25, 0.3) is 11.8 Å². The summed E-state index contributed by atoms with van der Waals surface area (Å²) < 4.78 is 11.5. The van der Waals surface area contributed by atoms with Crippen molar-refractivity contribution < 1.29 is 19.1 Å². The van der Waals surface area contributed by atoms with E-state index in [1.807, 2.05) is 36.4 Å². The summed E-state index contributed by atoms with van der Waals surface area (Å²) in [5.74, 6) is 0.0251. The Bertz CT molecular complexity index is 985. The molecule has 0 aliphatic heterocycles. The molecule has 2 N–H and O–H groups in total. The highest BCUT2D eigenvalue weighted by molar-refractivity contribution is 9.10. The second kappa shape index (κ2) is 8.55. The lowest BCUT2D eigenvalue weighted by molar-refractivity contribution is -0.123. The highest BCUT2D eigenvalue weighted by atomic mass is 79.9. The van der Waals surface area contributed by atoms with Crippen molar-refractivity contribution in [2.24, 2.45) is 0 Å². The number of nitrogens with one attached hydrogen (secondary N) is 2. The summed E-state index contributed by atoms with van der Waals surface area (Å²) in [7, 11) is 1.47. The molecule has 3 rings (SSSR count). The van der Waals surface area contributed by atoms with Crippen LogP contribution in [0.1, 0.15) is 10.4 Å². The van der Waals surface area contributed by atoms with E-state index < -0.39 is 11.8 Å². The van der Waals surface area contributed by atoms with Gasteiger partial charge in [-0.25, -0.2) is 0 Å². The van der Waals surface area contributed by atoms with Crippen LogP contribution < -0.4 is 20.3 Å². The highest BCUT2D eigenvalue weighted by Gasteiger charge is 2.14. The third-order valence-corrected chi connectivity index (χ3v) is 4.32. The van der Waals surface area contributed by atoms with Crippen LogP contribution >= 0.6 is 15.9 Å². The maximum absolute atomic E-state index is 12.3. The van der Waals surface area contributed by atoms with Crippen molar-refractivity contribution in [1.82, 2.24) is 10.9 Å². The van der Waals surface area contributed by atoms with Gasteiger partial charge in [0.05, 0.1) is 12.7 Å². The first-order valence-corrected chi connectivity index (χ1v) is 8.91. The third kappa shape index (κ3) is 4.57. The molecule has 0 unspecified atom stereocenters. The van der Waals surface area contributed by atoms with Crippen LogP contribution in [0.4, 0.5) is 0 Å². The molecule has 0 spiro atoms. The maximum atomic E-state index is 12.3. The number of hydrazine groups is 1. The maximum Gasteiger partial charge on any atom is 0.276 e. The average molecular weight is 429 g/mol. The van der Waals surface area contributed by atoms with Gasteiger partial charge >= 0.3 is 0 Å². The number of fused-ring (bicyclic) bond motifs is 1. The molecular weight excluding hydrogens is 412 g/mol. The van der Waals surface area contributed by atoms with E-state index in [2.05, 4.69) is 26.8 Å². The summed E-state index contributed by atoms with van der Waals surface area (Å²) in [4.78, 5) is 24.3. The van der Waals surface area contributed by atoms with Gasteiger partial charge in [0, 0.05) is 9.86 Å². The molecule has 0 aromatic heterocycles. The lowest BCUT2D eigenvalue weighted by Gasteiger charge is -2.12. The SMILES string of the molecule is COc1ccc(Br)cc1C(=O)NNC(=O)COc1cccc2ccccc12. The molecule has 0 radical (unpaired) electrons. The summed E-state index contributed by atoms with van der Waals surface area (Å²) in [5, 5.41) is 1.93. The highest BCUT2D eigenvalue weighted by Crippen LogP contribution is 2.25. The minimum atomic E-state index is -0.494. The van der Waals surface area contributed by atoms with E-state index in [0.29, 0.717) is 17.1 Å². The Morgan fingerprint density at radius 1 is 0.963 bits per heavy atom. The molecule has 0 bridgehead atoms. The summed E-state index contributed by atoms with van der Waals surface area (Å²) >= 11 is 3.30. The van der Waals surface area contributed by atoms with Crippen LogP contribution in [0.5, 0.6) is 11.5 Å². The molecule has 0 aliphatic rings. The number of methoxy groups -OCH3 is 1. The number of hydrogen-bond acceptors (Lipinski definition) is 4. The first-order chi connectivity index (χ1) is 13.1. The summed E-state index contributed by atoms with van der Waals surface area (Å²) in [6.07, 6.45) is 0. The number of carbonyl (C=O) groups excluding carboxylic acids is 2. The van der Waals surface area contributed by atoms with Crippen molar-refractivity contribution in [1.29, 1.82) is 0 Å². The number of halogens is 1. The monoisotopic (exact) mass is 428 g/mol. The van der Waals surface area contributed by atoms with Crippen LogP contribution in [-0.4, -0.2) is 25.5 Å². The van der Waals surface area contributed by atoms with Crippen molar-refractivity contribution in [3.05, 3.63) is 70.7 Å². The predicted octanol–water partition coefficient (Wildman–Crippen LogP) is 3.45. The minimum Gasteiger partial charge on any atom is -0.496 e. The zero-order valence-corrected chi connectivity index (χ0v) is 16.1. The Morgan fingerprint density at radius 3 is 2.56 bits per heavy atom. The van der Waals surface area contributed by atoms with Gasteiger partial charge in [-0.3, -0.25) is 20.4 Å². The quantitative estimate of drug-likeness (QED) is 0.610. The number of rotatable bonds is 5. The first-order valence-electron chi connectivity index (χ1n) is 8.12. The van der Waals surface area contributed by atoms with Gasteiger partial charge in [0.2, 0.25) is 0 Å². The van der Waals surface area contributed by atoms with Gasteiger partial charge in [-0.2, -0.15) is 0 Å². The Kier molecular flexibility index (Phi) is 5.93. The minimum absolute atomic E-state index is 0.232. The summed E-state index contributed by atoms with van der Waals surface area (Å²) in [5.41, 5.74) is 4.98. The molecule has 3 aromatic carbocycles. The zero-order chi connectivity index (χ0) is 19.2.